The third-order valence-electron chi connectivity index (χ3n) is 3.10. The van der Waals surface area contributed by atoms with Crippen molar-refractivity contribution in [3.05, 3.63) is 0 Å². The van der Waals surface area contributed by atoms with Gasteiger partial charge in [0.15, 0.2) is 0 Å². The lowest BCUT2D eigenvalue weighted by atomic mass is 10.1. The van der Waals surface area contributed by atoms with E-state index in [9.17, 15) is 4.79 Å². The molecule has 14 heavy (non-hydrogen) atoms. The molecule has 2 aliphatic rings. The van der Waals surface area contributed by atoms with Gasteiger partial charge in [0, 0.05) is 62.1 Å². The van der Waals surface area contributed by atoms with E-state index in [0.717, 1.165) is 39.0 Å². The fourth-order valence-electron chi connectivity index (χ4n) is 2.15. The average Bonchev–Trinajstić information content (AvgIpc) is 2.50. The summed E-state index contributed by atoms with van der Waals surface area (Å²) in [4.78, 5) is 15.6. The molecule has 80 valence electrons. The van der Waals surface area contributed by atoms with Crippen LogP contribution in [0.5, 0.6) is 0 Å². The second kappa shape index (κ2) is 4.22. The maximum Gasteiger partial charge on any atom is 0.320 e. The van der Waals surface area contributed by atoms with E-state index in [2.05, 4.69) is 26.0 Å². The second-order valence-electron chi connectivity index (χ2n) is 4.04. The summed E-state index contributed by atoms with van der Waals surface area (Å²) in [6.45, 7) is 4.03. The first-order chi connectivity index (χ1) is 6.68. The molecule has 0 radical (unpaired) electrons. The lowest BCUT2D eigenvalue weighted by Gasteiger charge is -2.33. The number of urea groups is 1. The molecule has 5 heteroatoms. The predicted octanol–water partition coefficient (Wildman–Crippen LogP) is 1.17. The second-order valence-corrected chi connectivity index (χ2v) is 5.40. The molecule has 2 rings (SSSR count). The molecule has 0 aromatic heterocycles. The van der Waals surface area contributed by atoms with Crippen molar-refractivity contribution in [1.29, 1.82) is 0 Å². The fourth-order valence-corrected chi connectivity index (χ4v) is 2.71. The number of likely N-dealkylation sites (N-methyl/N-ethyl adjacent to an activating group) is 1. The summed E-state index contributed by atoms with van der Waals surface area (Å²) in [6, 6.07) is 0.704. The minimum absolute atomic E-state index is 0.219. The minimum Gasteiger partial charge on any atom is -0.326 e. The standard InChI is InChI=1S/C9H16IN3O/c1-11-6-7-13(9(11)14)8-2-4-12(10)5-3-8/h8H,2-7H2,1H3. The zero-order valence-electron chi connectivity index (χ0n) is 8.45. The summed E-state index contributed by atoms with van der Waals surface area (Å²) >= 11 is 2.36. The average molecular weight is 309 g/mol. The third kappa shape index (κ3) is 1.98. The van der Waals surface area contributed by atoms with Crippen LogP contribution < -0.4 is 0 Å². The number of carbonyl (C=O) groups excluding carboxylic acids is 1. The lowest BCUT2D eigenvalue weighted by Crippen LogP contribution is -2.44. The first kappa shape index (κ1) is 10.5. The van der Waals surface area contributed by atoms with Gasteiger partial charge < -0.3 is 9.80 Å². The van der Waals surface area contributed by atoms with Gasteiger partial charge in [0.05, 0.1) is 0 Å². The molecule has 0 aliphatic carbocycles. The maximum atomic E-state index is 11.7. The van der Waals surface area contributed by atoms with Crippen LogP contribution in [0.15, 0.2) is 0 Å². The molecule has 0 saturated carbocycles. The van der Waals surface area contributed by atoms with Crippen molar-refractivity contribution in [3.8, 4) is 0 Å². The molecule has 0 bridgehead atoms. The highest BCUT2D eigenvalue weighted by molar-refractivity contribution is 14.1. The molecule has 0 aromatic rings. The topological polar surface area (TPSA) is 26.8 Å². The molecule has 4 nitrogen and oxygen atoms in total. The van der Waals surface area contributed by atoms with Crippen LogP contribution >= 0.6 is 22.9 Å². The molecule has 0 aromatic carbocycles. The number of piperidine rings is 1. The lowest BCUT2D eigenvalue weighted by molar-refractivity contribution is 0.162. The Morgan fingerprint density at radius 3 is 2.36 bits per heavy atom. The highest BCUT2D eigenvalue weighted by Crippen LogP contribution is 2.21. The van der Waals surface area contributed by atoms with E-state index < -0.39 is 0 Å². The molecular weight excluding hydrogens is 293 g/mol. The van der Waals surface area contributed by atoms with E-state index >= 15 is 0 Å². The Morgan fingerprint density at radius 2 is 1.86 bits per heavy atom. The molecule has 0 N–H and O–H groups in total. The van der Waals surface area contributed by atoms with Crippen molar-refractivity contribution >= 4 is 28.9 Å². The summed E-state index contributed by atoms with van der Waals surface area (Å²) in [5, 5.41) is 0. The number of amides is 2. The Labute approximate surface area is 98.7 Å². The Balaban J connectivity index is 1.93. The summed E-state index contributed by atoms with van der Waals surface area (Å²) in [7, 11) is 1.88. The SMILES string of the molecule is CN1CCN(C2CCN(I)CC2)C1=O. The quantitative estimate of drug-likeness (QED) is 0.537. The Bertz CT molecular complexity index is 228. The number of nitrogens with zero attached hydrogens (tertiary/aromatic N) is 3. The molecule has 2 amide bonds. The number of halogens is 1. The molecule has 0 spiro atoms. The first-order valence-electron chi connectivity index (χ1n) is 5.11. The van der Waals surface area contributed by atoms with Gasteiger partial charge in [-0.2, -0.15) is 0 Å². The predicted molar refractivity (Wildman–Crippen MR) is 63.3 cm³/mol. The van der Waals surface area contributed by atoms with Crippen LogP contribution in [0.1, 0.15) is 12.8 Å². The van der Waals surface area contributed by atoms with Crippen molar-refractivity contribution < 1.29 is 4.79 Å². The van der Waals surface area contributed by atoms with E-state index in [1.165, 1.54) is 0 Å². The largest absolute Gasteiger partial charge is 0.326 e. The van der Waals surface area contributed by atoms with Crippen LogP contribution in [0.2, 0.25) is 0 Å². The molecule has 2 heterocycles. The Hall–Kier alpha value is -0.0400. The minimum atomic E-state index is 0.219. The summed E-state index contributed by atoms with van der Waals surface area (Å²) in [5.41, 5.74) is 0. The van der Waals surface area contributed by atoms with Crippen molar-refractivity contribution in [1.82, 2.24) is 12.9 Å². The van der Waals surface area contributed by atoms with Crippen LogP contribution in [0.4, 0.5) is 4.79 Å². The summed E-state index contributed by atoms with van der Waals surface area (Å²) < 4.78 is 2.30. The van der Waals surface area contributed by atoms with Crippen LogP contribution in [-0.4, -0.2) is 58.2 Å². The van der Waals surface area contributed by atoms with E-state index in [0.29, 0.717) is 6.04 Å². The van der Waals surface area contributed by atoms with Crippen molar-refractivity contribution in [2.24, 2.45) is 0 Å². The van der Waals surface area contributed by atoms with Crippen molar-refractivity contribution in [3.63, 3.8) is 0 Å². The smallest absolute Gasteiger partial charge is 0.320 e. The van der Waals surface area contributed by atoms with Gasteiger partial charge in [-0.1, -0.05) is 0 Å². The van der Waals surface area contributed by atoms with Gasteiger partial charge in [-0.3, -0.25) is 0 Å². The zero-order chi connectivity index (χ0) is 10.1. The highest BCUT2D eigenvalue weighted by atomic mass is 127. The molecule has 0 unspecified atom stereocenters. The van der Waals surface area contributed by atoms with E-state index in [1.54, 1.807) is 0 Å². The third-order valence-corrected chi connectivity index (χ3v) is 4.06. The van der Waals surface area contributed by atoms with Gasteiger partial charge in [-0.05, 0) is 12.8 Å². The van der Waals surface area contributed by atoms with Crippen molar-refractivity contribution in [2.45, 2.75) is 18.9 Å². The summed E-state index contributed by atoms with van der Waals surface area (Å²) in [6.07, 6.45) is 2.26. The highest BCUT2D eigenvalue weighted by Gasteiger charge is 2.32. The van der Waals surface area contributed by atoms with E-state index in [-0.39, 0.29) is 6.03 Å². The monoisotopic (exact) mass is 309 g/mol. The van der Waals surface area contributed by atoms with Crippen LogP contribution in [0.3, 0.4) is 0 Å². The molecule has 2 saturated heterocycles. The zero-order valence-corrected chi connectivity index (χ0v) is 10.6. The van der Waals surface area contributed by atoms with Crippen LogP contribution in [0.25, 0.3) is 0 Å². The van der Waals surface area contributed by atoms with Gasteiger partial charge >= 0.3 is 6.03 Å². The van der Waals surface area contributed by atoms with Crippen LogP contribution in [0, 0.1) is 0 Å². The molecular formula is C9H16IN3O. The van der Waals surface area contributed by atoms with Gasteiger partial charge in [0.25, 0.3) is 0 Å². The Kier molecular flexibility index (Phi) is 3.16. The van der Waals surface area contributed by atoms with E-state index in [1.807, 2.05) is 16.8 Å². The molecule has 2 aliphatic heterocycles. The van der Waals surface area contributed by atoms with Gasteiger partial charge in [0.1, 0.15) is 0 Å². The first-order valence-corrected chi connectivity index (χ1v) is 6.07. The van der Waals surface area contributed by atoms with E-state index in [4.69, 9.17) is 0 Å². The normalized spacial score (nSPS) is 26.3. The maximum absolute atomic E-state index is 11.7. The number of hydrogen-bond donors (Lipinski definition) is 0. The van der Waals surface area contributed by atoms with Crippen LogP contribution in [-0.2, 0) is 0 Å². The van der Waals surface area contributed by atoms with Crippen molar-refractivity contribution in [2.75, 3.05) is 33.2 Å². The van der Waals surface area contributed by atoms with Gasteiger partial charge in [-0.15, -0.1) is 0 Å². The van der Waals surface area contributed by atoms with Gasteiger partial charge in [0.2, 0.25) is 0 Å². The Morgan fingerprint density at radius 1 is 1.21 bits per heavy atom. The fraction of sp³-hybridized carbons (Fsp3) is 0.889. The molecule has 2 fully saturated rings. The molecule has 0 atom stereocenters. The summed E-state index contributed by atoms with van der Waals surface area (Å²) in [5.74, 6) is 0. The van der Waals surface area contributed by atoms with Gasteiger partial charge in [-0.25, -0.2) is 7.91 Å². The number of hydrogen-bond acceptors (Lipinski definition) is 2. The number of carbonyl (C=O) groups is 1. The number of rotatable bonds is 1.